The number of benzene rings is 1. The average Bonchev–Trinajstić information content (AvgIpc) is 3.07. The van der Waals surface area contributed by atoms with Crippen LogP contribution in [0, 0.1) is 11.8 Å². The molecule has 0 spiro atoms. The van der Waals surface area contributed by atoms with Crippen LogP contribution in [-0.2, 0) is 12.8 Å². The van der Waals surface area contributed by atoms with Crippen LogP contribution in [0.5, 0.6) is 0 Å². The molecule has 0 N–H and O–H groups in total. The van der Waals surface area contributed by atoms with E-state index in [4.69, 9.17) is 4.98 Å². The van der Waals surface area contributed by atoms with Crippen molar-refractivity contribution in [1.29, 1.82) is 0 Å². The highest BCUT2D eigenvalue weighted by molar-refractivity contribution is 9.10. The molecule has 1 atom stereocenters. The minimum Gasteiger partial charge on any atom is -0.253 e. The van der Waals surface area contributed by atoms with Gasteiger partial charge in [0, 0.05) is 15.6 Å². The number of pyridine rings is 1. The lowest BCUT2D eigenvalue weighted by molar-refractivity contribution is 0.488. The Labute approximate surface area is 109 Å². The van der Waals surface area contributed by atoms with Gasteiger partial charge in [0.05, 0.1) is 5.52 Å². The Morgan fingerprint density at radius 3 is 2.76 bits per heavy atom. The molecular formula is C15H14BrN. The van der Waals surface area contributed by atoms with Crippen LogP contribution in [0.25, 0.3) is 10.9 Å². The second-order valence-electron chi connectivity index (χ2n) is 5.44. The van der Waals surface area contributed by atoms with Crippen LogP contribution in [0.2, 0.25) is 0 Å². The van der Waals surface area contributed by atoms with Crippen molar-refractivity contribution in [2.24, 2.45) is 11.8 Å². The summed E-state index contributed by atoms with van der Waals surface area (Å²) in [7, 11) is 0. The van der Waals surface area contributed by atoms with Crippen LogP contribution < -0.4 is 0 Å². The lowest BCUT2D eigenvalue weighted by atomic mass is 10.0. The summed E-state index contributed by atoms with van der Waals surface area (Å²) in [6.45, 7) is 0. The van der Waals surface area contributed by atoms with Gasteiger partial charge in [0.2, 0.25) is 0 Å². The zero-order chi connectivity index (χ0) is 11.4. The summed E-state index contributed by atoms with van der Waals surface area (Å²) in [5.41, 5.74) is 3.98. The third-order valence-electron chi connectivity index (χ3n) is 4.17. The SMILES string of the molecule is Brc1ccc2cc3c(nc2c1)C[C@H](C1CC1)C3. The second-order valence-corrected chi connectivity index (χ2v) is 6.35. The van der Waals surface area contributed by atoms with Crippen molar-refractivity contribution in [3.63, 3.8) is 0 Å². The lowest BCUT2D eigenvalue weighted by Crippen LogP contribution is -2.01. The van der Waals surface area contributed by atoms with Gasteiger partial charge in [-0.2, -0.15) is 0 Å². The summed E-state index contributed by atoms with van der Waals surface area (Å²) in [6, 6.07) is 8.74. The highest BCUT2D eigenvalue weighted by atomic mass is 79.9. The quantitative estimate of drug-likeness (QED) is 0.769. The van der Waals surface area contributed by atoms with Gasteiger partial charge in [0.1, 0.15) is 0 Å². The van der Waals surface area contributed by atoms with E-state index < -0.39 is 0 Å². The molecule has 2 aliphatic rings. The summed E-state index contributed by atoms with van der Waals surface area (Å²) in [4.78, 5) is 4.85. The second kappa shape index (κ2) is 3.55. The summed E-state index contributed by atoms with van der Waals surface area (Å²) < 4.78 is 1.12. The van der Waals surface area contributed by atoms with Crippen LogP contribution in [-0.4, -0.2) is 4.98 Å². The molecular weight excluding hydrogens is 274 g/mol. The van der Waals surface area contributed by atoms with E-state index >= 15 is 0 Å². The maximum Gasteiger partial charge on any atom is 0.0716 e. The molecule has 1 aromatic carbocycles. The normalized spacial score (nSPS) is 23.0. The van der Waals surface area contributed by atoms with Gasteiger partial charge < -0.3 is 0 Å². The number of hydrogen-bond acceptors (Lipinski definition) is 1. The van der Waals surface area contributed by atoms with E-state index in [2.05, 4.69) is 40.2 Å². The fraction of sp³-hybridized carbons (Fsp3) is 0.400. The molecule has 1 saturated carbocycles. The van der Waals surface area contributed by atoms with Crippen molar-refractivity contribution in [1.82, 2.24) is 4.98 Å². The fourth-order valence-electron chi connectivity index (χ4n) is 3.08. The summed E-state index contributed by atoms with van der Waals surface area (Å²) in [5.74, 6) is 1.89. The molecule has 1 nitrogen and oxygen atoms in total. The monoisotopic (exact) mass is 287 g/mol. The van der Waals surface area contributed by atoms with E-state index in [1.54, 1.807) is 0 Å². The molecule has 1 heterocycles. The number of rotatable bonds is 1. The molecule has 2 aromatic rings. The average molecular weight is 288 g/mol. The molecule has 1 fully saturated rings. The predicted octanol–water partition coefficient (Wildman–Crippen LogP) is 4.12. The molecule has 0 saturated heterocycles. The van der Waals surface area contributed by atoms with Gasteiger partial charge in [-0.1, -0.05) is 22.0 Å². The van der Waals surface area contributed by atoms with Gasteiger partial charge in [-0.3, -0.25) is 4.98 Å². The Morgan fingerprint density at radius 2 is 1.94 bits per heavy atom. The third-order valence-corrected chi connectivity index (χ3v) is 4.67. The van der Waals surface area contributed by atoms with Crippen LogP contribution in [0.1, 0.15) is 24.1 Å². The van der Waals surface area contributed by atoms with Crippen LogP contribution in [0.3, 0.4) is 0 Å². The first-order valence-corrected chi connectivity index (χ1v) is 7.17. The molecule has 17 heavy (non-hydrogen) atoms. The Bertz CT molecular complexity index is 601. The van der Waals surface area contributed by atoms with Gasteiger partial charge in [0.15, 0.2) is 0 Å². The first kappa shape index (κ1) is 10.1. The van der Waals surface area contributed by atoms with Crippen molar-refractivity contribution < 1.29 is 0 Å². The Morgan fingerprint density at radius 1 is 1.06 bits per heavy atom. The highest BCUT2D eigenvalue weighted by Crippen LogP contribution is 2.44. The molecule has 0 amide bonds. The smallest absolute Gasteiger partial charge is 0.0716 e. The Kier molecular flexibility index (Phi) is 2.10. The maximum absolute atomic E-state index is 4.85. The largest absolute Gasteiger partial charge is 0.253 e. The number of halogens is 1. The molecule has 0 aliphatic heterocycles. The van der Waals surface area contributed by atoms with Crippen LogP contribution >= 0.6 is 15.9 Å². The molecule has 86 valence electrons. The number of aromatic nitrogens is 1. The number of hydrogen-bond donors (Lipinski definition) is 0. The summed E-state index contributed by atoms with van der Waals surface area (Å²) in [6.07, 6.45) is 5.37. The van der Waals surface area contributed by atoms with Crippen molar-refractivity contribution in [3.05, 3.63) is 40.0 Å². The van der Waals surface area contributed by atoms with Gasteiger partial charge in [-0.05, 0) is 61.3 Å². The molecule has 2 aliphatic carbocycles. The van der Waals surface area contributed by atoms with Gasteiger partial charge in [-0.25, -0.2) is 0 Å². The third kappa shape index (κ3) is 1.70. The van der Waals surface area contributed by atoms with E-state index in [-0.39, 0.29) is 0 Å². The van der Waals surface area contributed by atoms with Crippen LogP contribution in [0.4, 0.5) is 0 Å². The number of fused-ring (bicyclic) bond motifs is 2. The van der Waals surface area contributed by atoms with Crippen molar-refractivity contribution in [2.45, 2.75) is 25.7 Å². The van der Waals surface area contributed by atoms with Crippen molar-refractivity contribution in [2.75, 3.05) is 0 Å². The molecule has 4 rings (SSSR count). The topological polar surface area (TPSA) is 12.9 Å². The van der Waals surface area contributed by atoms with E-state index in [0.29, 0.717) is 0 Å². The molecule has 2 heteroatoms. The maximum atomic E-state index is 4.85. The first-order chi connectivity index (χ1) is 8.29. The minimum atomic E-state index is 0.887. The zero-order valence-corrected chi connectivity index (χ0v) is 11.2. The summed E-state index contributed by atoms with van der Waals surface area (Å²) >= 11 is 3.52. The minimum absolute atomic E-state index is 0.887. The lowest BCUT2D eigenvalue weighted by Gasteiger charge is -2.03. The Hall–Kier alpha value is -0.890. The van der Waals surface area contributed by atoms with E-state index in [9.17, 15) is 0 Å². The van der Waals surface area contributed by atoms with Crippen LogP contribution in [0.15, 0.2) is 28.7 Å². The highest BCUT2D eigenvalue weighted by Gasteiger charge is 2.35. The molecule has 0 radical (unpaired) electrons. The molecule has 1 aromatic heterocycles. The van der Waals surface area contributed by atoms with E-state index in [0.717, 1.165) is 21.8 Å². The zero-order valence-electron chi connectivity index (χ0n) is 9.62. The molecule has 0 bridgehead atoms. The predicted molar refractivity (Wildman–Crippen MR) is 73.1 cm³/mol. The number of nitrogens with zero attached hydrogens (tertiary/aromatic N) is 1. The molecule has 0 unspecified atom stereocenters. The van der Waals surface area contributed by atoms with Gasteiger partial charge in [-0.15, -0.1) is 0 Å². The Balaban J connectivity index is 1.81. The van der Waals surface area contributed by atoms with E-state index in [1.807, 2.05) is 0 Å². The van der Waals surface area contributed by atoms with Crippen molar-refractivity contribution in [3.8, 4) is 0 Å². The fourth-order valence-corrected chi connectivity index (χ4v) is 3.43. The first-order valence-electron chi connectivity index (χ1n) is 6.38. The van der Waals surface area contributed by atoms with E-state index in [1.165, 1.54) is 42.3 Å². The summed E-state index contributed by atoms with van der Waals surface area (Å²) in [5, 5.41) is 1.28. The van der Waals surface area contributed by atoms with Gasteiger partial charge >= 0.3 is 0 Å². The standard InChI is InChI=1S/C15H14BrN/c16-13-4-3-10-5-12-6-11(9-1-2-9)7-14(12)17-15(10)8-13/h3-5,8-9,11H,1-2,6-7H2/t11-/m1/s1. The van der Waals surface area contributed by atoms with Crippen molar-refractivity contribution >= 4 is 26.8 Å². The van der Waals surface area contributed by atoms with Gasteiger partial charge in [0.25, 0.3) is 0 Å².